The minimum atomic E-state index is -0.148. The summed E-state index contributed by atoms with van der Waals surface area (Å²) in [7, 11) is 3.57. The van der Waals surface area contributed by atoms with E-state index in [1.54, 1.807) is 19.0 Å². The summed E-state index contributed by atoms with van der Waals surface area (Å²) in [6, 6.07) is 7.39. The van der Waals surface area contributed by atoms with Gasteiger partial charge in [-0.15, -0.1) is 0 Å². The number of carbonyl (C=O) groups excluding carboxylic acids is 2. The molecule has 2 fully saturated rings. The Morgan fingerprint density at radius 1 is 1.21 bits per heavy atom. The highest BCUT2D eigenvalue weighted by Crippen LogP contribution is 2.45. The molecule has 2 aliphatic rings. The number of ether oxygens (including phenoxy) is 1. The molecule has 130 valence electrons. The molecule has 1 aromatic rings. The van der Waals surface area contributed by atoms with Crippen LogP contribution >= 0.6 is 15.9 Å². The lowest BCUT2D eigenvalue weighted by atomic mass is 9.71. The van der Waals surface area contributed by atoms with Gasteiger partial charge in [0.1, 0.15) is 0 Å². The number of amides is 2. The number of nitrogens with zero attached hydrogens (tertiary/aromatic N) is 2. The lowest BCUT2D eigenvalue weighted by Gasteiger charge is -2.37. The van der Waals surface area contributed by atoms with Crippen LogP contribution < -0.4 is 0 Å². The second-order valence-electron chi connectivity index (χ2n) is 6.95. The fraction of sp³-hybridized carbons (Fsp3) is 0.556. The van der Waals surface area contributed by atoms with E-state index in [1.165, 1.54) is 0 Å². The highest BCUT2D eigenvalue weighted by molar-refractivity contribution is 9.10. The van der Waals surface area contributed by atoms with Gasteiger partial charge in [0.2, 0.25) is 5.91 Å². The van der Waals surface area contributed by atoms with E-state index in [0.29, 0.717) is 31.9 Å². The van der Waals surface area contributed by atoms with Gasteiger partial charge in [0, 0.05) is 55.8 Å². The molecule has 1 unspecified atom stereocenters. The van der Waals surface area contributed by atoms with Crippen molar-refractivity contribution in [1.82, 2.24) is 9.80 Å². The minimum absolute atomic E-state index is 0.00224. The molecule has 2 heterocycles. The van der Waals surface area contributed by atoms with Crippen LogP contribution in [0.5, 0.6) is 0 Å². The summed E-state index contributed by atoms with van der Waals surface area (Å²) < 4.78 is 6.45. The average molecular weight is 395 g/mol. The zero-order valence-corrected chi connectivity index (χ0v) is 15.7. The molecule has 0 bridgehead atoms. The molecule has 0 radical (unpaired) electrons. The third kappa shape index (κ3) is 3.22. The first-order valence-corrected chi connectivity index (χ1v) is 9.06. The standard InChI is InChI=1S/C18H23BrN2O3/c1-20(2)17(23)15-11-21(12-18(15)7-9-24-10-8-18)16(22)13-3-5-14(19)6-4-13/h3-6,15H,7-12H2,1-2H3. The number of hydrogen-bond acceptors (Lipinski definition) is 3. The van der Waals surface area contributed by atoms with Crippen LogP contribution in [0.4, 0.5) is 0 Å². The Morgan fingerprint density at radius 3 is 2.42 bits per heavy atom. The average Bonchev–Trinajstić information content (AvgIpc) is 2.93. The van der Waals surface area contributed by atoms with Gasteiger partial charge in [0.05, 0.1) is 5.92 Å². The van der Waals surface area contributed by atoms with E-state index in [9.17, 15) is 9.59 Å². The van der Waals surface area contributed by atoms with Crippen LogP contribution in [0.25, 0.3) is 0 Å². The fourth-order valence-electron chi connectivity index (χ4n) is 3.83. The molecule has 2 aliphatic heterocycles. The number of hydrogen-bond donors (Lipinski definition) is 0. The van der Waals surface area contributed by atoms with Gasteiger partial charge in [-0.25, -0.2) is 0 Å². The molecule has 0 aliphatic carbocycles. The number of likely N-dealkylation sites (tertiary alicyclic amines) is 1. The maximum absolute atomic E-state index is 12.9. The van der Waals surface area contributed by atoms with E-state index >= 15 is 0 Å². The largest absolute Gasteiger partial charge is 0.381 e. The van der Waals surface area contributed by atoms with Gasteiger partial charge in [-0.05, 0) is 37.1 Å². The van der Waals surface area contributed by atoms with Crippen molar-refractivity contribution >= 4 is 27.7 Å². The Balaban J connectivity index is 1.84. The van der Waals surface area contributed by atoms with Crippen molar-refractivity contribution in [2.24, 2.45) is 11.3 Å². The molecular weight excluding hydrogens is 372 g/mol. The molecule has 0 aromatic heterocycles. The topological polar surface area (TPSA) is 49.9 Å². The third-order valence-corrected chi connectivity index (χ3v) is 5.78. The van der Waals surface area contributed by atoms with Gasteiger partial charge in [0.15, 0.2) is 0 Å². The zero-order chi connectivity index (χ0) is 17.3. The monoisotopic (exact) mass is 394 g/mol. The van der Waals surface area contributed by atoms with Crippen LogP contribution in [0.1, 0.15) is 23.2 Å². The second-order valence-corrected chi connectivity index (χ2v) is 7.87. The molecule has 0 N–H and O–H groups in total. The van der Waals surface area contributed by atoms with Gasteiger partial charge in [0.25, 0.3) is 5.91 Å². The maximum atomic E-state index is 12.9. The molecule has 5 nitrogen and oxygen atoms in total. The predicted molar refractivity (Wildman–Crippen MR) is 94.7 cm³/mol. The van der Waals surface area contributed by atoms with Crippen molar-refractivity contribution in [2.45, 2.75) is 12.8 Å². The lowest BCUT2D eigenvalue weighted by Crippen LogP contribution is -2.44. The van der Waals surface area contributed by atoms with Crippen molar-refractivity contribution in [3.8, 4) is 0 Å². The van der Waals surface area contributed by atoms with E-state index in [0.717, 1.165) is 17.3 Å². The zero-order valence-electron chi connectivity index (χ0n) is 14.1. The lowest BCUT2D eigenvalue weighted by molar-refractivity contribution is -0.138. The van der Waals surface area contributed by atoms with Crippen LogP contribution in [-0.2, 0) is 9.53 Å². The van der Waals surface area contributed by atoms with Crippen molar-refractivity contribution in [1.29, 1.82) is 0 Å². The highest BCUT2D eigenvalue weighted by Gasteiger charge is 2.52. The fourth-order valence-corrected chi connectivity index (χ4v) is 4.10. The van der Waals surface area contributed by atoms with E-state index in [-0.39, 0.29) is 23.1 Å². The molecule has 0 saturated carbocycles. The van der Waals surface area contributed by atoms with Crippen LogP contribution in [-0.4, -0.2) is 62.0 Å². The Morgan fingerprint density at radius 2 is 1.83 bits per heavy atom. The molecule has 6 heteroatoms. The number of halogens is 1. The Labute approximate surface area is 151 Å². The normalized spacial score (nSPS) is 22.6. The Bertz CT molecular complexity index is 624. The van der Waals surface area contributed by atoms with Gasteiger partial charge >= 0.3 is 0 Å². The van der Waals surface area contributed by atoms with Crippen molar-refractivity contribution < 1.29 is 14.3 Å². The third-order valence-electron chi connectivity index (χ3n) is 5.25. The van der Waals surface area contributed by atoms with Crippen molar-refractivity contribution in [3.05, 3.63) is 34.3 Å². The smallest absolute Gasteiger partial charge is 0.253 e. The van der Waals surface area contributed by atoms with Crippen molar-refractivity contribution in [3.63, 3.8) is 0 Å². The molecule has 24 heavy (non-hydrogen) atoms. The predicted octanol–water partition coefficient (Wildman–Crippen LogP) is 2.41. The van der Waals surface area contributed by atoms with Gasteiger partial charge in [-0.1, -0.05) is 15.9 Å². The number of benzene rings is 1. The van der Waals surface area contributed by atoms with E-state index in [1.807, 2.05) is 29.2 Å². The van der Waals surface area contributed by atoms with Crippen LogP contribution in [0.2, 0.25) is 0 Å². The first-order chi connectivity index (χ1) is 11.4. The molecule has 1 aromatic carbocycles. The summed E-state index contributed by atoms with van der Waals surface area (Å²) in [5, 5.41) is 0. The van der Waals surface area contributed by atoms with Gasteiger partial charge < -0.3 is 14.5 Å². The van der Waals surface area contributed by atoms with Crippen LogP contribution in [0.3, 0.4) is 0 Å². The van der Waals surface area contributed by atoms with E-state index in [2.05, 4.69) is 15.9 Å². The Kier molecular flexibility index (Phi) is 4.97. The van der Waals surface area contributed by atoms with Crippen molar-refractivity contribution in [2.75, 3.05) is 40.4 Å². The highest BCUT2D eigenvalue weighted by atomic mass is 79.9. The number of carbonyl (C=O) groups is 2. The summed E-state index contributed by atoms with van der Waals surface area (Å²) in [5.41, 5.74) is 0.517. The first-order valence-electron chi connectivity index (χ1n) is 8.27. The molecule has 1 atom stereocenters. The summed E-state index contributed by atoms with van der Waals surface area (Å²) in [5.74, 6) is -0.0266. The quantitative estimate of drug-likeness (QED) is 0.773. The van der Waals surface area contributed by atoms with E-state index in [4.69, 9.17) is 4.74 Å². The molecule has 2 amide bonds. The summed E-state index contributed by atoms with van der Waals surface area (Å²) in [6.07, 6.45) is 1.67. The molecule has 3 rings (SSSR count). The van der Waals surface area contributed by atoms with Crippen LogP contribution in [0, 0.1) is 11.3 Å². The second kappa shape index (κ2) is 6.84. The summed E-state index contributed by atoms with van der Waals surface area (Å²) in [6.45, 7) is 2.45. The van der Waals surface area contributed by atoms with Gasteiger partial charge in [-0.3, -0.25) is 9.59 Å². The summed E-state index contributed by atoms with van der Waals surface area (Å²) in [4.78, 5) is 29.1. The minimum Gasteiger partial charge on any atom is -0.381 e. The Hall–Kier alpha value is -1.40. The van der Waals surface area contributed by atoms with Gasteiger partial charge in [-0.2, -0.15) is 0 Å². The molecule has 2 saturated heterocycles. The molecule has 1 spiro atoms. The van der Waals surface area contributed by atoms with Crippen LogP contribution in [0.15, 0.2) is 28.7 Å². The SMILES string of the molecule is CN(C)C(=O)C1CN(C(=O)c2ccc(Br)cc2)CC12CCOCC2. The first kappa shape index (κ1) is 17.4. The summed E-state index contributed by atoms with van der Waals surface area (Å²) >= 11 is 3.39. The van der Waals surface area contributed by atoms with E-state index < -0.39 is 0 Å². The molecular formula is C18H23BrN2O3. The maximum Gasteiger partial charge on any atom is 0.253 e. The number of rotatable bonds is 2.